The molecule has 1 N–H and O–H groups in total. The molecule has 2 aromatic rings. The number of hydrogen-bond donors (Lipinski definition) is 1. The highest BCUT2D eigenvalue weighted by molar-refractivity contribution is 5.86. The van der Waals surface area contributed by atoms with Gasteiger partial charge in [0, 0.05) is 5.56 Å². The standard InChI is InChI=1S/C17H14F2N2O4/c18-17(19)25-12-6-2-1-5-11(12)9-20-21-16(22)15-10-23-13-7-3-4-8-14(13)24-15/h1-9,15,17H,10H2,(H,21,22). The number of halogens is 2. The van der Waals surface area contributed by atoms with Gasteiger partial charge < -0.3 is 14.2 Å². The van der Waals surface area contributed by atoms with Crippen LogP contribution in [-0.2, 0) is 4.79 Å². The number of rotatable bonds is 5. The SMILES string of the molecule is O=C(NN=Cc1ccccc1OC(F)F)C1COc2ccccc2O1. The van der Waals surface area contributed by atoms with Crippen LogP contribution >= 0.6 is 0 Å². The van der Waals surface area contributed by atoms with Crippen LogP contribution in [0.15, 0.2) is 53.6 Å². The maximum absolute atomic E-state index is 12.3. The van der Waals surface area contributed by atoms with Crippen LogP contribution in [-0.4, -0.2) is 31.4 Å². The minimum atomic E-state index is -2.95. The number of carbonyl (C=O) groups is 1. The lowest BCUT2D eigenvalue weighted by Crippen LogP contribution is -2.42. The van der Waals surface area contributed by atoms with Gasteiger partial charge in [0.1, 0.15) is 12.4 Å². The molecule has 1 aliphatic heterocycles. The molecule has 0 spiro atoms. The monoisotopic (exact) mass is 348 g/mol. The summed E-state index contributed by atoms with van der Waals surface area (Å²) in [6.07, 6.45) is 0.354. The molecule has 1 atom stereocenters. The summed E-state index contributed by atoms with van der Waals surface area (Å²) in [5.41, 5.74) is 2.59. The smallest absolute Gasteiger partial charge is 0.387 e. The number of para-hydroxylation sites is 3. The Bertz CT molecular complexity index is 783. The molecular weight excluding hydrogens is 334 g/mol. The van der Waals surface area contributed by atoms with E-state index in [9.17, 15) is 13.6 Å². The summed E-state index contributed by atoms with van der Waals surface area (Å²) in [5.74, 6) is 0.473. The van der Waals surface area contributed by atoms with E-state index in [2.05, 4.69) is 15.3 Å². The van der Waals surface area contributed by atoms with Crippen molar-refractivity contribution >= 4 is 12.1 Å². The van der Waals surface area contributed by atoms with Crippen molar-refractivity contribution in [1.82, 2.24) is 5.43 Å². The highest BCUT2D eigenvalue weighted by Gasteiger charge is 2.27. The van der Waals surface area contributed by atoms with E-state index >= 15 is 0 Å². The van der Waals surface area contributed by atoms with Crippen LogP contribution in [0.1, 0.15) is 5.56 Å². The first-order chi connectivity index (χ1) is 12.1. The summed E-state index contributed by atoms with van der Waals surface area (Å²) in [7, 11) is 0. The Kier molecular flexibility index (Phi) is 5.08. The van der Waals surface area contributed by atoms with Crippen LogP contribution < -0.4 is 19.6 Å². The molecule has 2 aromatic carbocycles. The van der Waals surface area contributed by atoms with Crippen LogP contribution in [0.25, 0.3) is 0 Å². The molecule has 0 saturated carbocycles. The lowest BCUT2D eigenvalue weighted by molar-refractivity contribution is -0.130. The predicted molar refractivity (Wildman–Crippen MR) is 85.2 cm³/mol. The number of amides is 1. The zero-order valence-corrected chi connectivity index (χ0v) is 12.9. The summed E-state index contributed by atoms with van der Waals surface area (Å²) in [5, 5.41) is 3.76. The molecule has 0 aliphatic carbocycles. The fourth-order valence-electron chi connectivity index (χ4n) is 2.18. The third-order valence-corrected chi connectivity index (χ3v) is 3.31. The Hall–Kier alpha value is -3.16. The molecule has 6 nitrogen and oxygen atoms in total. The molecule has 1 amide bonds. The average Bonchev–Trinajstić information content (AvgIpc) is 2.62. The second-order valence-electron chi connectivity index (χ2n) is 5.01. The largest absolute Gasteiger partial charge is 0.485 e. The molecule has 0 fully saturated rings. The zero-order valence-electron chi connectivity index (χ0n) is 12.9. The topological polar surface area (TPSA) is 69.2 Å². The van der Waals surface area contributed by atoms with Crippen molar-refractivity contribution in [3.63, 3.8) is 0 Å². The maximum atomic E-state index is 12.3. The number of fused-ring (bicyclic) bond motifs is 1. The van der Waals surface area contributed by atoms with Gasteiger partial charge in [-0.3, -0.25) is 4.79 Å². The molecule has 1 aliphatic rings. The van der Waals surface area contributed by atoms with Crippen LogP contribution in [0.4, 0.5) is 8.78 Å². The van der Waals surface area contributed by atoms with Crippen LogP contribution in [0.2, 0.25) is 0 Å². The molecule has 8 heteroatoms. The highest BCUT2D eigenvalue weighted by Crippen LogP contribution is 2.30. The Balaban J connectivity index is 1.61. The minimum Gasteiger partial charge on any atom is -0.485 e. The fourth-order valence-corrected chi connectivity index (χ4v) is 2.18. The van der Waals surface area contributed by atoms with Gasteiger partial charge in [0.05, 0.1) is 6.21 Å². The molecule has 130 valence electrons. The number of nitrogens with one attached hydrogen (secondary N) is 1. The summed E-state index contributed by atoms with van der Waals surface area (Å²) in [4.78, 5) is 12.1. The van der Waals surface area contributed by atoms with E-state index in [1.54, 1.807) is 36.4 Å². The normalized spacial score (nSPS) is 16.0. The van der Waals surface area contributed by atoms with E-state index in [0.29, 0.717) is 17.1 Å². The van der Waals surface area contributed by atoms with Crippen molar-refractivity contribution in [2.24, 2.45) is 5.10 Å². The molecular formula is C17H14F2N2O4. The van der Waals surface area contributed by atoms with Crippen molar-refractivity contribution in [1.29, 1.82) is 0 Å². The lowest BCUT2D eigenvalue weighted by Gasteiger charge is -2.24. The average molecular weight is 348 g/mol. The number of nitrogens with zero attached hydrogens (tertiary/aromatic N) is 1. The Morgan fingerprint density at radius 2 is 1.92 bits per heavy atom. The van der Waals surface area contributed by atoms with E-state index in [4.69, 9.17) is 9.47 Å². The molecule has 1 heterocycles. The van der Waals surface area contributed by atoms with E-state index in [1.807, 2.05) is 0 Å². The van der Waals surface area contributed by atoms with Gasteiger partial charge in [-0.1, -0.05) is 24.3 Å². The second-order valence-corrected chi connectivity index (χ2v) is 5.01. The van der Waals surface area contributed by atoms with Crippen LogP contribution in [0.3, 0.4) is 0 Å². The lowest BCUT2D eigenvalue weighted by atomic mass is 10.2. The van der Waals surface area contributed by atoms with Gasteiger partial charge in [-0.2, -0.15) is 13.9 Å². The van der Waals surface area contributed by atoms with Crippen molar-refractivity contribution in [3.8, 4) is 17.2 Å². The summed E-state index contributed by atoms with van der Waals surface area (Å²) >= 11 is 0. The zero-order chi connectivity index (χ0) is 17.6. The Morgan fingerprint density at radius 3 is 2.72 bits per heavy atom. The van der Waals surface area contributed by atoms with Gasteiger partial charge in [-0.15, -0.1) is 0 Å². The van der Waals surface area contributed by atoms with Gasteiger partial charge in [0.25, 0.3) is 5.91 Å². The van der Waals surface area contributed by atoms with Gasteiger partial charge in [-0.05, 0) is 24.3 Å². The Morgan fingerprint density at radius 1 is 1.20 bits per heavy atom. The van der Waals surface area contributed by atoms with Gasteiger partial charge in [0.15, 0.2) is 11.5 Å². The first-order valence-electron chi connectivity index (χ1n) is 7.39. The third-order valence-electron chi connectivity index (χ3n) is 3.31. The quantitative estimate of drug-likeness (QED) is 0.666. The molecule has 1 unspecified atom stereocenters. The number of alkyl halides is 2. The summed E-state index contributed by atoms with van der Waals surface area (Å²) in [6, 6.07) is 13.1. The van der Waals surface area contributed by atoms with Crippen molar-refractivity contribution in [2.45, 2.75) is 12.7 Å². The minimum absolute atomic E-state index is 0.0401. The first-order valence-corrected chi connectivity index (χ1v) is 7.39. The van der Waals surface area contributed by atoms with E-state index < -0.39 is 18.6 Å². The predicted octanol–water partition coefficient (Wildman–Crippen LogP) is 2.58. The maximum Gasteiger partial charge on any atom is 0.387 e. The third kappa shape index (κ3) is 4.23. The fraction of sp³-hybridized carbons (Fsp3) is 0.176. The molecule has 0 aromatic heterocycles. The van der Waals surface area contributed by atoms with Crippen molar-refractivity contribution < 1.29 is 27.8 Å². The van der Waals surface area contributed by atoms with E-state index in [0.717, 1.165) is 0 Å². The molecule has 0 saturated heterocycles. The summed E-state index contributed by atoms with van der Waals surface area (Å²) < 4.78 is 40.1. The first kappa shape index (κ1) is 16.7. The number of hydrazone groups is 1. The van der Waals surface area contributed by atoms with E-state index in [1.165, 1.54) is 18.3 Å². The summed E-state index contributed by atoms with van der Waals surface area (Å²) in [6.45, 7) is -2.90. The second kappa shape index (κ2) is 7.61. The number of carbonyl (C=O) groups excluding carboxylic acids is 1. The number of ether oxygens (including phenoxy) is 3. The van der Waals surface area contributed by atoms with Gasteiger partial charge in [-0.25, -0.2) is 5.43 Å². The molecule has 0 bridgehead atoms. The molecule has 3 rings (SSSR count). The number of benzene rings is 2. The van der Waals surface area contributed by atoms with Crippen LogP contribution in [0, 0.1) is 0 Å². The highest BCUT2D eigenvalue weighted by atomic mass is 19.3. The van der Waals surface area contributed by atoms with Gasteiger partial charge >= 0.3 is 6.61 Å². The van der Waals surface area contributed by atoms with E-state index in [-0.39, 0.29) is 12.4 Å². The Labute approximate surface area is 142 Å². The van der Waals surface area contributed by atoms with Gasteiger partial charge in [0.2, 0.25) is 6.10 Å². The van der Waals surface area contributed by atoms with Crippen LogP contribution in [0.5, 0.6) is 17.2 Å². The molecule has 0 radical (unpaired) electrons. The van der Waals surface area contributed by atoms with Crippen molar-refractivity contribution in [3.05, 3.63) is 54.1 Å². The van der Waals surface area contributed by atoms with Crippen molar-refractivity contribution in [2.75, 3.05) is 6.61 Å². The number of hydrogen-bond acceptors (Lipinski definition) is 5. The molecule has 25 heavy (non-hydrogen) atoms.